The Balaban J connectivity index is 1.51. The Bertz CT molecular complexity index is 1150. The Morgan fingerprint density at radius 3 is 2.38 bits per heavy atom. The van der Waals surface area contributed by atoms with Crippen LogP contribution >= 0.6 is 0 Å². The van der Waals surface area contributed by atoms with Gasteiger partial charge < -0.3 is 10.3 Å². The van der Waals surface area contributed by atoms with Gasteiger partial charge in [0.15, 0.2) is 0 Å². The number of aromatic amines is 1. The number of benzene rings is 3. The number of fused-ring (bicyclic) bond motifs is 1. The number of aromatic nitrogens is 1. The number of carbonyl (C=O) groups is 1. The van der Waals surface area contributed by atoms with E-state index in [-0.39, 0.29) is 17.9 Å². The van der Waals surface area contributed by atoms with Gasteiger partial charge >= 0.3 is 0 Å². The average molecular weight is 425 g/mol. The van der Waals surface area contributed by atoms with Gasteiger partial charge in [0.05, 0.1) is 0 Å². The molecule has 0 saturated carbocycles. The Kier molecular flexibility index (Phi) is 7.06. The summed E-state index contributed by atoms with van der Waals surface area (Å²) in [5.41, 5.74) is 6.15. The number of hydrogen-bond acceptors (Lipinski definition) is 1. The molecule has 164 valence electrons. The number of para-hydroxylation sites is 1. The van der Waals surface area contributed by atoms with Crippen molar-refractivity contribution in [1.82, 2.24) is 10.3 Å². The van der Waals surface area contributed by atoms with Crippen LogP contribution in [0.2, 0.25) is 0 Å². The molecule has 3 nitrogen and oxygen atoms in total. The molecule has 0 spiro atoms. The molecule has 1 aromatic heterocycles. The highest BCUT2D eigenvalue weighted by atomic mass is 16.1. The maximum atomic E-state index is 13.1. The van der Waals surface area contributed by atoms with Gasteiger partial charge in [0, 0.05) is 35.5 Å². The largest absolute Gasteiger partial charge is 0.361 e. The maximum absolute atomic E-state index is 13.1. The van der Waals surface area contributed by atoms with E-state index in [1.807, 2.05) is 12.1 Å². The van der Waals surface area contributed by atoms with Gasteiger partial charge in [-0.2, -0.15) is 0 Å². The highest BCUT2D eigenvalue weighted by Crippen LogP contribution is 2.34. The fourth-order valence-electron chi connectivity index (χ4n) is 4.53. The molecule has 1 heterocycles. The van der Waals surface area contributed by atoms with Crippen LogP contribution in [0, 0.1) is 0 Å². The van der Waals surface area contributed by atoms with Crippen molar-refractivity contribution in [2.45, 2.75) is 51.5 Å². The van der Waals surface area contributed by atoms with Crippen LogP contribution in [0.1, 0.15) is 54.9 Å². The minimum atomic E-state index is 0.0124. The number of carbonyl (C=O) groups excluding carboxylic acids is 1. The summed E-state index contributed by atoms with van der Waals surface area (Å²) in [5, 5.41) is 4.45. The first-order valence-corrected chi connectivity index (χ1v) is 11.6. The number of aryl methyl sites for hydroxylation is 2. The SMILES string of the molecule is CCc1cccc2c(C(CC(=O)NC(C)CCc3ccccc3)c3ccccc3)c[nH]c12. The first-order chi connectivity index (χ1) is 15.7. The molecule has 0 fully saturated rings. The topological polar surface area (TPSA) is 44.9 Å². The molecule has 0 aliphatic rings. The summed E-state index contributed by atoms with van der Waals surface area (Å²) in [6.45, 7) is 4.27. The van der Waals surface area contributed by atoms with Gasteiger partial charge in [-0.25, -0.2) is 0 Å². The van der Waals surface area contributed by atoms with Crippen molar-refractivity contribution in [3.63, 3.8) is 0 Å². The molecule has 0 radical (unpaired) electrons. The Morgan fingerprint density at radius 2 is 1.66 bits per heavy atom. The van der Waals surface area contributed by atoms with E-state index < -0.39 is 0 Å². The number of H-pyrrole nitrogens is 1. The highest BCUT2D eigenvalue weighted by molar-refractivity contribution is 5.88. The van der Waals surface area contributed by atoms with Gasteiger partial charge in [0.2, 0.25) is 5.91 Å². The van der Waals surface area contributed by atoms with E-state index in [0.29, 0.717) is 6.42 Å². The highest BCUT2D eigenvalue weighted by Gasteiger charge is 2.22. The monoisotopic (exact) mass is 424 g/mol. The third-order valence-electron chi connectivity index (χ3n) is 6.30. The molecule has 2 unspecified atom stereocenters. The van der Waals surface area contributed by atoms with E-state index in [9.17, 15) is 4.79 Å². The van der Waals surface area contributed by atoms with Crippen molar-refractivity contribution in [3.05, 3.63) is 107 Å². The van der Waals surface area contributed by atoms with Crippen LogP contribution in [0.15, 0.2) is 85.1 Å². The summed E-state index contributed by atoms with van der Waals surface area (Å²) in [6.07, 6.45) is 5.40. The van der Waals surface area contributed by atoms with Crippen LogP contribution in [-0.2, 0) is 17.6 Å². The van der Waals surface area contributed by atoms with Gasteiger partial charge in [0.25, 0.3) is 0 Å². The van der Waals surface area contributed by atoms with Crippen molar-refractivity contribution in [2.75, 3.05) is 0 Å². The molecule has 1 amide bonds. The van der Waals surface area contributed by atoms with Gasteiger partial charge in [-0.1, -0.05) is 85.8 Å². The van der Waals surface area contributed by atoms with Crippen LogP contribution in [0.25, 0.3) is 10.9 Å². The predicted octanol–water partition coefficient (Wildman–Crippen LogP) is 6.39. The second-order valence-corrected chi connectivity index (χ2v) is 8.60. The lowest BCUT2D eigenvalue weighted by Crippen LogP contribution is -2.33. The van der Waals surface area contributed by atoms with Crippen molar-refractivity contribution >= 4 is 16.8 Å². The molecule has 3 heteroatoms. The summed E-state index contributed by atoms with van der Waals surface area (Å²) >= 11 is 0. The van der Waals surface area contributed by atoms with Crippen LogP contribution in [0.3, 0.4) is 0 Å². The Morgan fingerprint density at radius 1 is 0.938 bits per heavy atom. The van der Waals surface area contributed by atoms with E-state index in [4.69, 9.17) is 0 Å². The number of hydrogen-bond donors (Lipinski definition) is 2. The van der Waals surface area contributed by atoms with Crippen molar-refractivity contribution in [1.29, 1.82) is 0 Å². The zero-order valence-electron chi connectivity index (χ0n) is 19.0. The molecule has 0 aliphatic heterocycles. The predicted molar refractivity (Wildman–Crippen MR) is 133 cm³/mol. The van der Waals surface area contributed by atoms with E-state index in [1.165, 1.54) is 33.2 Å². The molecule has 0 aliphatic carbocycles. The van der Waals surface area contributed by atoms with Crippen LogP contribution < -0.4 is 5.32 Å². The second-order valence-electron chi connectivity index (χ2n) is 8.60. The molecule has 0 saturated heterocycles. The Labute approximate surface area is 190 Å². The molecule has 4 rings (SSSR count). The number of rotatable bonds is 9. The molecule has 2 N–H and O–H groups in total. The van der Waals surface area contributed by atoms with Gasteiger partial charge in [0.1, 0.15) is 0 Å². The second kappa shape index (κ2) is 10.3. The normalized spacial score (nSPS) is 13.1. The van der Waals surface area contributed by atoms with E-state index >= 15 is 0 Å². The fraction of sp³-hybridized carbons (Fsp3) is 0.276. The molecular weight excluding hydrogens is 392 g/mol. The van der Waals surface area contributed by atoms with Crippen LogP contribution in [0.5, 0.6) is 0 Å². The summed E-state index contributed by atoms with van der Waals surface area (Å²) in [6, 6.07) is 27.4. The lowest BCUT2D eigenvalue weighted by atomic mass is 9.87. The van der Waals surface area contributed by atoms with Crippen molar-refractivity contribution < 1.29 is 4.79 Å². The summed E-state index contributed by atoms with van der Waals surface area (Å²) in [5.74, 6) is 0.110. The summed E-state index contributed by atoms with van der Waals surface area (Å²) in [4.78, 5) is 16.6. The minimum Gasteiger partial charge on any atom is -0.361 e. The first-order valence-electron chi connectivity index (χ1n) is 11.6. The molecular formula is C29H32N2O. The van der Waals surface area contributed by atoms with Gasteiger partial charge in [-0.15, -0.1) is 0 Å². The smallest absolute Gasteiger partial charge is 0.221 e. The lowest BCUT2D eigenvalue weighted by Gasteiger charge is -2.20. The molecule has 3 aromatic carbocycles. The molecule has 4 aromatic rings. The van der Waals surface area contributed by atoms with Gasteiger partial charge in [-0.3, -0.25) is 4.79 Å². The first kappa shape index (κ1) is 21.9. The van der Waals surface area contributed by atoms with Crippen molar-refractivity contribution in [3.8, 4) is 0 Å². The summed E-state index contributed by atoms with van der Waals surface area (Å²) in [7, 11) is 0. The van der Waals surface area contributed by atoms with E-state index in [0.717, 1.165) is 19.3 Å². The fourth-order valence-corrected chi connectivity index (χ4v) is 4.53. The zero-order chi connectivity index (χ0) is 22.3. The quantitative estimate of drug-likeness (QED) is 0.321. The van der Waals surface area contributed by atoms with E-state index in [1.54, 1.807) is 0 Å². The third-order valence-corrected chi connectivity index (χ3v) is 6.30. The van der Waals surface area contributed by atoms with E-state index in [2.05, 4.69) is 97.1 Å². The van der Waals surface area contributed by atoms with Crippen molar-refractivity contribution in [2.24, 2.45) is 0 Å². The van der Waals surface area contributed by atoms with Gasteiger partial charge in [-0.05, 0) is 48.4 Å². The Hall–Kier alpha value is -3.33. The molecule has 2 atom stereocenters. The summed E-state index contributed by atoms with van der Waals surface area (Å²) < 4.78 is 0. The molecule has 0 bridgehead atoms. The number of nitrogens with one attached hydrogen (secondary N) is 2. The maximum Gasteiger partial charge on any atom is 0.221 e. The van der Waals surface area contributed by atoms with Crippen LogP contribution in [0.4, 0.5) is 0 Å². The van der Waals surface area contributed by atoms with Crippen LogP contribution in [-0.4, -0.2) is 16.9 Å². The lowest BCUT2D eigenvalue weighted by molar-refractivity contribution is -0.121. The average Bonchev–Trinajstić information content (AvgIpc) is 3.26. The zero-order valence-corrected chi connectivity index (χ0v) is 19.0. The standard InChI is InChI=1S/C29H32N2O/c1-3-23-15-10-16-25-27(20-30-29(23)25)26(24-13-8-5-9-14-24)19-28(32)31-21(2)17-18-22-11-6-4-7-12-22/h4-16,20-21,26,30H,3,17-19H2,1-2H3,(H,31,32). The third kappa shape index (κ3) is 5.11. The molecule has 32 heavy (non-hydrogen) atoms. The minimum absolute atomic E-state index is 0.0124. The number of amides is 1.